The summed E-state index contributed by atoms with van der Waals surface area (Å²) in [5.41, 5.74) is 8.97. The minimum atomic E-state index is -0.895. The van der Waals surface area contributed by atoms with Gasteiger partial charge in [-0.1, -0.05) is 140 Å². The Kier molecular flexibility index (Phi) is 9.34. The van der Waals surface area contributed by atoms with E-state index in [1.165, 1.54) is 0 Å². The van der Waals surface area contributed by atoms with E-state index in [1.54, 1.807) is 11.7 Å². The molecule has 0 radical (unpaired) electrons. The summed E-state index contributed by atoms with van der Waals surface area (Å²) in [6.45, 7) is 5.19. The second-order valence-corrected chi connectivity index (χ2v) is 13.3. The maximum atomic E-state index is 12.3. The zero-order valence-electron chi connectivity index (χ0n) is 29.9. The third kappa shape index (κ3) is 6.48. The van der Waals surface area contributed by atoms with E-state index in [1.807, 2.05) is 83.8 Å². The molecule has 0 fully saturated rings. The fourth-order valence-corrected chi connectivity index (χ4v) is 7.36. The van der Waals surface area contributed by atoms with E-state index in [-0.39, 0.29) is 5.91 Å². The molecular formula is C45H40N6O2. The number of carbonyl (C=O) groups is 1. The topological polar surface area (TPSA) is 86.0 Å². The number of tetrazole rings is 1. The first-order valence-corrected chi connectivity index (χ1v) is 18.1. The first kappa shape index (κ1) is 33.7. The van der Waals surface area contributed by atoms with E-state index in [2.05, 4.69) is 73.7 Å². The Balaban J connectivity index is 1.23. The summed E-state index contributed by atoms with van der Waals surface area (Å²) in [6.07, 6.45) is 1.51. The van der Waals surface area contributed by atoms with Crippen LogP contribution in [0.25, 0.3) is 22.5 Å². The molecule has 0 unspecified atom stereocenters. The lowest BCUT2D eigenvalue weighted by atomic mass is 9.77. The molecule has 0 saturated carbocycles. The van der Waals surface area contributed by atoms with E-state index in [0.29, 0.717) is 31.9 Å². The molecule has 2 aromatic heterocycles. The summed E-state index contributed by atoms with van der Waals surface area (Å²) < 4.78 is 6.59. The molecule has 8 heteroatoms. The van der Waals surface area contributed by atoms with Gasteiger partial charge < -0.3 is 9.64 Å². The lowest BCUT2D eigenvalue weighted by molar-refractivity contribution is -0.129. The van der Waals surface area contributed by atoms with Crippen LogP contribution < -0.4 is 4.74 Å². The van der Waals surface area contributed by atoms with Gasteiger partial charge in [-0.25, -0.2) is 0 Å². The predicted octanol–water partition coefficient (Wildman–Crippen LogP) is 8.29. The maximum Gasteiger partial charge on any atom is 0.219 e. The second kappa shape index (κ2) is 14.7. The Morgan fingerprint density at radius 1 is 0.755 bits per heavy atom. The fraction of sp³-hybridized carbons (Fsp3) is 0.178. The Bertz CT molecular complexity index is 2250. The Labute approximate surface area is 309 Å². The minimum absolute atomic E-state index is 0.0543. The van der Waals surface area contributed by atoms with Gasteiger partial charge >= 0.3 is 0 Å². The highest BCUT2D eigenvalue weighted by Crippen LogP contribution is 2.41. The normalized spacial score (nSPS) is 12.7. The smallest absolute Gasteiger partial charge is 0.219 e. The molecule has 1 aliphatic heterocycles. The van der Waals surface area contributed by atoms with Crippen LogP contribution in [0, 0.1) is 0 Å². The molecule has 8 nitrogen and oxygen atoms in total. The van der Waals surface area contributed by atoms with Gasteiger partial charge in [-0.3, -0.25) is 9.78 Å². The quantitative estimate of drug-likeness (QED) is 0.134. The molecule has 262 valence electrons. The van der Waals surface area contributed by atoms with Gasteiger partial charge in [-0.15, -0.1) is 15.0 Å². The molecule has 0 aliphatic carbocycles. The number of rotatable bonds is 10. The molecule has 7 aromatic rings. The summed E-state index contributed by atoms with van der Waals surface area (Å²) in [5.74, 6) is 1.33. The number of amides is 1. The third-order valence-corrected chi connectivity index (χ3v) is 10.1. The largest absolute Gasteiger partial charge is 0.488 e. The molecule has 0 N–H and O–H groups in total. The van der Waals surface area contributed by atoms with Crippen molar-refractivity contribution in [1.29, 1.82) is 0 Å². The van der Waals surface area contributed by atoms with Crippen molar-refractivity contribution in [2.75, 3.05) is 6.54 Å². The van der Waals surface area contributed by atoms with Crippen LogP contribution in [0.3, 0.4) is 0 Å². The number of hydrogen-bond donors (Lipinski definition) is 0. The first-order chi connectivity index (χ1) is 26.0. The molecule has 0 atom stereocenters. The highest BCUT2D eigenvalue weighted by molar-refractivity contribution is 5.81. The lowest BCUT2D eigenvalue weighted by Crippen LogP contribution is -2.39. The predicted molar refractivity (Wildman–Crippen MR) is 206 cm³/mol. The number of nitrogens with zero attached hydrogens (tertiary/aromatic N) is 6. The Morgan fingerprint density at radius 3 is 1.94 bits per heavy atom. The van der Waals surface area contributed by atoms with Crippen molar-refractivity contribution < 1.29 is 9.53 Å². The van der Waals surface area contributed by atoms with Crippen LogP contribution in [0.2, 0.25) is 0 Å². The van der Waals surface area contributed by atoms with E-state index in [0.717, 1.165) is 68.1 Å². The second-order valence-electron chi connectivity index (χ2n) is 13.3. The van der Waals surface area contributed by atoms with Crippen molar-refractivity contribution in [1.82, 2.24) is 30.1 Å². The van der Waals surface area contributed by atoms with Gasteiger partial charge in [-0.05, 0) is 51.1 Å². The van der Waals surface area contributed by atoms with Crippen molar-refractivity contribution in [2.24, 2.45) is 0 Å². The van der Waals surface area contributed by atoms with Crippen molar-refractivity contribution in [3.8, 4) is 28.3 Å². The van der Waals surface area contributed by atoms with Gasteiger partial charge in [0.05, 0.1) is 12.2 Å². The number of fused-ring (bicyclic) bond motifs is 1. The number of aromatic nitrogens is 5. The van der Waals surface area contributed by atoms with Crippen LogP contribution in [0.1, 0.15) is 53.1 Å². The lowest BCUT2D eigenvalue weighted by Gasteiger charge is -2.34. The Hall–Kier alpha value is -6.41. The fourth-order valence-electron chi connectivity index (χ4n) is 7.36. The van der Waals surface area contributed by atoms with Crippen molar-refractivity contribution in [3.63, 3.8) is 0 Å². The van der Waals surface area contributed by atoms with E-state index >= 15 is 0 Å². The number of benzene rings is 5. The van der Waals surface area contributed by atoms with Crippen molar-refractivity contribution >= 4 is 5.91 Å². The molecule has 0 saturated heterocycles. The van der Waals surface area contributed by atoms with Crippen LogP contribution in [-0.2, 0) is 36.3 Å². The van der Waals surface area contributed by atoms with E-state index in [9.17, 15) is 4.79 Å². The summed E-state index contributed by atoms with van der Waals surface area (Å²) >= 11 is 0. The zero-order valence-corrected chi connectivity index (χ0v) is 29.9. The molecule has 1 amide bonds. The van der Waals surface area contributed by atoms with Crippen molar-refractivity contribution in [2.45, 2.75) is 45.4 Å². The molecule has 53 heavy (non-hydrogen) atoms. The van der Waals surface area contributed by atoms with E-state index < -0.39 is 5.54 Å². The molecule has 0 spiro atoms. The number of pyridine rings is 1. The average Bonchev–Trinajstić information content (AvgIpc) is 3.72. The summed E-state index contributed by atoms with van der Waals surface area (Å²) in [4.78, 5) is 20.8. The van der Waals surface area contributed by atoms with Gasteiger partial charge in [-0.2, -0.15) is 0 Å². The molecular weight excluding hydrogens is 657 g/mol. The third-order valence-electron chi connectivity index (χ3n) is 10.1. The molecule has 3 heterocycles. The van der Waals surface area contributed by atoms with Crippen LogP contribution in [0.5, 0.6) is 5.75 Å². The van der Waals surface area contributed by atoms with Crippen LogP contribution in [-0.4, -0.2) is 42.5 Å². The van der Waals surface area contributed by atoms with Gasteiger partial charge in [0.1, 0.15) is 12.4 Å². The zero-order chi connectivity index (χ0) is 36.2. The van der Waals surface area contributed by atoms with Crippen LogP contribution in [0.15, 0.2) is 146 Å². The molecule has 5 aromatic carbocycles. The van der Waals surface area contributed by atoms with E-state index in [4.69, 9.17) is 25.1 Å². The number of hydrogen-bond acceptors (Lipinski definition) is 6. The maximum absolute atomic E-state index is 12.3. The standard InChI is InChI=1S/C45H40N6O2/c1-3-38-29-43(41-30-50(32(2)52)27-26-42(41)46-38)53-31-33-24-25-39(34-16-8-4-9-17-34)40(28-33)44-47-49-51(48-44)45(35-18-10-5-11-19-35,36-20-12-6-13-21-36)37-22-14-7-15-23-37/h4-25,28-29H,3,26-27,30-31H2,1-2H3. The summed E-state index contributed by atoms with van der Waals surface area (Å²) in [7, 11) is 0. The van der Waals surface area contributed by atoms with Gasteiger partial charge in [0.15, 0.2) is 5.54 Å². The summed E-state index contributed by atoms with van der Waals surface area (Å²) in [6, 6.07) is 49.7. The SMILES string of the molecule is CCc1cc(OCc2ccc(-c3ccccc3)c(-c3nnn(C(c4ccccc4)(c4ccccc4)c4ccccc4)n3)c2)c2c(n1)CCN(C(C)=O)C2. The number of aryl methyl sites for hydroxylation is 1. The average molecular weight is 697 g/mol. The molecule has 8 rings (SSSR count). The van der Waals surface area contributed by atoms with Gasteiger partial charge in [0, 0.05) is 42.8 Å². The van der Waals surface area contributed by atoms with Gasteiger partial charge in [0.2, 0.25) is 11.7 Å². The highest BCUT2D eigenvalue weighted by Gasteiger charge is 2.41. The van der Waals surface area contributed by atoms with Crippen LogP contribution in [0.4, 0.5) is 0 Å². The molecule has 0 bridgehead atoms. The monoisotopic (exact) mass is 696 g/mol. The Morgan fingerprint density at radius 2 is 1.36 bits per heavy atom. The van der Waals surface area contributed by atoms with Crippen LogP contribution >= 0.6 is 0 Å². The highest BCUT2D eigenvalue weighted by atomic mass is 16.5. The minimum Gasteiger partial charge on any atom is -0.488 e. The molecule has 1 aliphatic rings. The number of carbonyl (C=O) groups excluding carboxylic acids is 1. The first-order valence-electron chi connectivity index (χ1n) is 18.1. The van der Waals surface area contributed by atoms with Crippen molar-refractivity contribution in [3.05, 3.63) is 185 Å². The number of ether oxygens (including phenoxy) is 1. The van der Waals surface area contributed by atoms with Gasteiger partial charge in [0.25, 0.3) is 0 Å². The summed E-state index contributed by atoms with van der Waals surface area (Å²) in [5, 5.41) is 14.9.